The van der Waals surface area contributed by atoms with Crippen LogP contribution in [0.4, 0.5) is 5.82 Å². The molecule has 0 aliphatic carbocycles. The zero-order valence-electron chi connectivity index (χ0n) is 17.1. The van der Waals surface area contributed by atoms with Gasteiger partial charge in [0.05, 0.1) is 23.4 Å². The van der Waals surface area contributed by atoms with E-state index < -0.39 is 0 Å². The average Bonchev–Trinajstić information content (AvgIpc) is 3.20. The van der Waals surface area contributed by atoms with Gasteiger partial charge in [-0.3, -0.25) is 4.79 Å². The number of ether oxygens (including phenoxy) is 2. The highest BCUT2D eigenvalue weighted by atomic mass is 32.1. The molecule has 31 heavy (non-hydrogen) atoms. The molecule has 0 aliphatic rings. The van der Waals surface area contributed by atoms with Crippen LogP contribution < -0.4 is 14.8 Å². The van der Waals surface area contributed by atoms with Gasteiger partial charge in [0.2, 0.25) is 5.91 Å². The highest BCUT2D eigenvalue weighted by Crippen LogP contribution is 2.23. The number of hydrogen-bond donors (Lipinski definition) is 1. The molecule has 3 rings (SSSR count). The van der Waals surface area contributed by atoms with Gasteiger partial charge in [0, 0.05) is 29.6 Å². The van der Waals surface area contributed by atoms with Gasteiger partial charge in [0.1, 0.15) is 12.4 Å². The van der Waals surface area contributed by atoms with Crippen LogP contribution in [0.5, 0.6) is 11.5 Å². The lowest BCUT2D eigenvalue weighted by atomic mass is 10.2. The largest absolute Gasteiger partial charge is 0.490 e. The number of aryl methyl sites for hydroxylation is 1. The topological polar surface area (TPSA) is 97.1 Å². The Kier molecular flexibility index (Phi) is 8.14. The number of rotatable bonds is 10. The third kappa shape index (κ3) is 6.94. The summed E-state index contributed by atoms with van der Waals surface area (Å²) in [6.45, 7) is 2.69. The van der Waals surface area contributed by atoms with Gasteiger partial charge in [-0.2, -0.15) is 5.26 Å². The predicted octanol–water partition coefficient (Wildman–Crippen LogP) is 4.76. The number of para-hydroxylation sites is 1. The van der Waals surface area contributed by atoms with E-state index in [1.165, 1.54) is 6.08 Å². The molecule has 158 valence electrons. The van der Waals surface area contributed by atoms with Gasteiger partial charge in [-0.05, 0) is 37.6 Å². The average molecular weight is 435 g/mol. The van der Waals surface area contributed by atoms with Crippen molar-refractivity contribution in [2.24, 2.45) is 0 Å². The molecule has 0 fully saturated rings. The maximum atomic E-state index is 12.4. The molecule has 0 unspecified atom stereocenters. The smallest absolute Gasteiger partial charge is 0.249 e. The first-order valence-corrected chi connectivity index (χ1v) is 10.6. The van der Waals surface area contributed by atoms with E-state index in [1.807, 2.05) is 36.6 Å². The number of thiazole rings is 1. The van der Waals surface area contributed by atoms with E-state index in [0.717, 1.165) is 16.3 Å². The number of hydrogen-bond acceptors (Lipinski definition) is 7. The Bertz CT molecular complexity index is 1090. The molecule has 2 aromatic heterocycles. The highest BCUT2D eigenvalue weighted by molar-refractivity contribution is 7.09. The number of carbonyl (C=O) groups is 1. The number of aromatic nitrogens is 2. The van der Waals surface area contributed by atoms with E-state index in [0.29, 0.717) is 43.4 Å². The van der Waals surface area contributed by atoms with Crippen molar-refractivity contribution in [2.75, 3.05) is 11.9 Å². The summed E-state index contributed by atoms with van der Waals surface area (Å²) in [4.78, 5) is 21.0. The Balaban J connectivity index is 1.61. The fourth-order valence-electron chi connectivity index (χ4n) is 2.63. The second kappa shape index (κ2) is 11.5. The van der Waals surface area contributed by atoms with E-state index in [9.17, 15) is 4.79 Å². The monoisotopic (exact) mass is 434 g/mol. The Morgan fingerprint density at radius 2 is 2.06 bits per heavy atom. The Morgan fingerprint density at radius 1 is 1.23 bits per heavy atom. The lowest BCUT2D eigenvalue weighted by molar-refractivity contribution is -0.111. The minimum Gasteiger partial charge on any atom is -0.490 e. The van der Waals surface area contributed by atoms with E-state index in [-0.39, 0.29) is 5.91 Å². The lowest BCUT2D eigenvalue weighted by Crippen LogP contribution is -2.11. The van der Waals surface area contributed by atoms with Crippen molar-refractivity contribution in [3.05, 3.63) is 70.3 Å². The summed E-state index contributed by atoms with van der Waals surface area (Å²) >= 11 is 1.58. The molecule has 1 aromatic carbocycles. The minimum absolute atomic E-state index is 0.331. The molecule has 0 saturated heterocycles. The molecule has 3 aromatic rings. The quantitative estimate of drug-likeness (QED) is 0.365. The molecular weight excluding hydrogens is 412 g/mol. The Labute approximate surface area is 185 Å². The van der Waals surface area contributed by atoms with Crippen molar-refractivity contribution >= 4 is 29.1 Å². The van der Waals surface area contributed by atoms with E-state index >= 15 is 0 Å². The number of benzene rings is 1. The highest BCUT2D eigenvalue weighted by Gasteiger charge is 2.08. The molecule has 0 bridgehead atoms. The second-order valence-electron chi connectivity index (χ2n) is 6.47. The third-order valence-corrected chi connectivity index (χ3v) is 4.90. The summed E-state index contributed by atoms with van der Waals surface area (Å²) in [5.41, 5.74) is 1.65. The van der Waals surface area contributed by atoms with Crippen LogP contribution in [0.2, 0.25) is 0 Å². The van der Waals surface area contributed by atoms with Crippen molar-refractivity contribution in [1.29, 1.82) is 5.26 Å². The van der Waals surface area contributed by atoms with Gasteiger partial charge in [-0.1, -0.05) is 18.2 Å². The van der Waals surface area contributed by atoms with Gasteiger partial charge < -0.3 is 14.8 Å². The molecule has 0 spiro atoms. The molecule has 0 radical (unpaired) electrons. The fraction of sp³-hybridized carbons (Fsp3) is 0.217. The number of pyridine rings is 1. The van der Waals surface area contributed by atoms with Gasteiger partial charge >= 0.3 is 0 Å². The summed E-state index contributed by atoms with van der Waals surface area (Å²) in [7, 11) is 0. The standard InChI is InChI=1S/C23H22N4O3S/c1-17-26-19(16-31-17)15-30-20-8-3-2-7-18(20)10-11-22(28)27-23-21(9-6-13-25-23)29-14-5-4-12-24/h2-3,6-11,13,16H,4-5,14-15H2,1H3,(H,25,27,28). The molecule has 1 N–H and O–H groups in total. The number of anilines is 1. The van der Waals surface area contributed by atoms with Crippen LogP contribution in [-0.2, 0) is 11.4 Å². The van der Waals surface area contributed by atoms with Gasteiger partial charge in [-0.25, -0.2) is 9.97 Å². The fourth-order valence-corrected chi connectivity index (χ4v) is 3.23. The number of nitrogens with zero attached hydrogens (tertiary/aromatic N) is 3. The van der Waals surface area contributed by atoms with Crippen molar-refractivity contribution in [1.82, 2.24) is 9.97 Å². The first-order chi connectivity index (χ1) is 15.2. The molecule has 2 heterocycles. The molecule has 0 aliphatic heterocycles. The number of unbranched alkanes of at least 4 members (excludes halogenated alkanes) is 1. The van der Waals surface area contributed by atoms with Crippen LogP contribution in [0.1, 0.15) is 29.1 Å². The summed E-state index contributed by atoms with van der Waals surface area (Å²) < 4.78 is 11.5. The van der Waals surface area contributed by atoms with Crippen LogP contribution >= 0.6 is 11.3 Å². The first kappa shape index (κ1) is 22.0. The third-order valence-electron chi connectivity index (χ3n) is 4.08. The molecule has 0 atom stereocenters. The number of nitrogens with one attached hydrogen (secondary N) is 1. The minimum atomic E-state index is -0.342. The zero-order valence-corrected chi connectivity index (χ0v) is 17.9. The van der Waals surface area contributed by atoms with E-state index in [2.05, 4.69) is 21.4 Å². The number of nitriles is 1. The maximum Gasteiger partial charge on any atom is 0.249 e. The van der Waals surface area contributed by atoms with Gasteiger partial charge in [0.25, 0.3) is 0 Å². The molecule has 7 nitrogen and oxygen atoms in total. The summed E-state index contributed by atoms with van der Waals surface area (Å²) in [6.07, 6.45) is 5.70. The molecule has 8 heteroatoms. The van der Waals surface area contributed by atoms with Crippen LogP contribution in [0.25, 0.3) is 6.08 Å². The Hall–Kier alpha value is -3.70. The van der Waals surface area contributed by atoms with Crippen LogP contribution in [0.3, 0.4) is 0 Å². The first-order valence-electron chi connectivity index (χ1n) is 9.72. The molecule has 0 saturated carbocycles. The van der Waals surface area contributed by atoms with Gasteiger partial charge in [-0.15, -0.1) is 11.3 Å². The molecule has 1 amide bonds. The SMILES string of the molecule is Cc1nc(COc2ccccc2C=CC(=O)Nc2ncccc2OCCCC#N)cs1. The summed E-state index contributed by atoms with van der Waals surface area (Å²) in [6, 6.07) is 13.0. The van der Waals surface area contributed by atoms with E-state index in [4.69, 9.17) is 14.7 Å². The van der Waals surface area contributed by atoms with E-state index in [1.54, 1.807) is 35.7 Å². The van der Waals surface area contributed by atoms with Crippen molar-refractivity contribution in [2.45, 2.75) is 26.4 Å². The summed E-state index contributed by atoms with van der Waals surface area (Å²) in [5.74, 6) is 1.11. The van der Waals surface area contributed by atoms with Crippen molar-refractivity contribution < 1.29 is 14.3 Å². The summed E-state index contributed by atoms with van der Waals surface area (Å²) in [5, 5.41) is 14.3. The normalized spacial score (nSPS) is 10.6. The van der Waals surface area contributed by atoms with Gasteiger partial charge in [0.15, 0.2) is 11.6 Å². The second-order valence-corrected chi connectivity index (χ2v) is 7.53. The van der Waals surface area contributed by atoms with Crippen molar-refractivity contribution in [3.8, 4) is 17.6 Å². The molecular formula is C23H22N4O3S. The zero-order chi connectivity index (χ0) is 21.9. The number of carbonyl (C=O) groups excluding carboxylic acids is 1. The number of amides is 1. The predicted molar refractivity (Wildman–Crippen MR) is 120 cm³/mol. The van der Waals surface area contributed by atoms with Crippen molar-refractivity contribution in [3.63, 3.8) is 0 Å². The van der Waals surface area contributed by atoms with Crippen LogP contribution in [-0.4, -0.2) is 22.5 Å². The van der Waals surface area contributed by atoms with Crippen LogP contribution in [0.15, 0.2) is 54.1 Å². The maximum absolute atomic E-state index is 12.4. The lowest BCUT2D eigenvalue weighted by Gasteiger charge is -2.10. The Morgan fingerprint density at radius 3 is 2.87 bits per heavy atom. The van der Waals surface area contributed by atoms with Crippen LogP contribution in [0, 0.1) is 18.3 Å².